The van der Waals surface area contributed by atoms with Crippen molar-refractivity contribution in [3.05, 3.63) is 88.2 Å². The monoisotopic (exact) mass is 741 g/mol. The molecule has 0 saturated heterocycles. The Morgan fingerprint density at radius 1 is 0.636 bits per heavy atom. The molecule has 2 nitrogen and oxygen atoms in total. The fraction of sp³-hybridized carbons (Fsp3) is 0.523. The fourth-order valence-electron chi connectivity index (χ4n) is 7.22. The van der Waals surface area contributed by atoms with Gasteiger partial charge in [0.1, 0.15) is 19.4 Å². The maximum atomic E-state index is 6.02. The molecule has 11 radical (unpaired) electrons. The van der Waals surface area contributed by atoms with Crippen LogP contribution < -0.4 is 16.5 Å². The van der Waals surface area contributed by atoms with Crippen molar-refractivity contribution in [3.8, 4) is 12.3 Å². The van der Waals surface area contributed by atoms with Gasteiger partial charge in [-0.1, -0.05) is 66.8 Å². The molecule has 0 N–H and O–H groups in total. The van der Waals surface area contributed by atoms with Crippen molar-refractivity contribution in [2.45, 2.75) is 155 Å². The van der Waals surface area contributed by atoms with Crippen molar-refractivity contribution in [2.75, 3.05) is 0 Å². The van der Waals surface area contributed by atoms with Crippen LogP contribution in [0, 0.1) is 88.5 Å². The number of furan rings is 1. The zero-order valence-electron chi connectivity index (χ0n) is 37.8. The van der Waals surface area contributed by atoms with E-state index in [0.717, 1.165) is 44.8 Å². The van der Waals surface area contributed by atoms with Gasteiger partial charge >= 0.3 is 0 Å². The molecule has 1 aromatic carbocycles. The largest absolute Gasteiger partial charge is 0.464 e. The Hall–Kier alpha value is -2.57. The number of benzene rings is 1. The SMILES string of the molecule is C#Cc1c(C)oc(C(C)C)c1C.Cc1c(C)c(C)c(C(C)C)c(C)c1C.Cc1sc(C(C)C)c(C)c1C.[B][B]B([B])c1c(C(C)C)nc([B])c(C)c1B([B])[B]. The van der Waals surface area contributed by atoms with Gasteiger partial charge in [-0.15, -0.1) is 23.2 Å². The molecule has 3 heterocycles. The summed E-state index contributed by atoms with van der Waals surface area (Å²) in [6.45, 7) is 39.8. The Morgan fingerprint density at radius 2 is 1.13 bits per heavy atom. The van der Waals surface area contributed by atoms with Crippen LogP contribution >= 0.6 is 11.3 Å². The lowest BCUT2D eigenvalue weighted by molar-refractivity contribution is 0.461. The number of aryl methyl sites for hydroxylation is 2. The van der Waals surface area contributed by atoms with Gasteiger partial charge < -0.3 is 4.42 Å². The zero-order valence-corrected chi connectivity index (χ0v) is 38.6. The highest BCUT2D eigenvalue weighted by Gasteiger charge is 2.23. The zero-order chi connectivity index (χ0) is 43.0. The molecule has 55 heavy (non-hydrogen) atoms. The molecule has 0 fully saturated rings. The molecule has 4 rings (SSSR count). The molecule has 0 aliphatic heterocycles. The summed E-state index contributed by atoms with van der Waals surface area (Å²) in [5.41, 5.74) is 17.5. The van der Waals surface area contributed by atoms with E-state index in [1.54, 1.807) is 10.4 Å². The Bertz CT molecular complexity index is 1920. The molecule has 3 aromatic heterocycles. The van der Waals surface area contributed by atoms with Crippen LogP contribution in [0.5, 0.6) is 0 Å². The summed E-state index contributed by atoms with van der Waals surface area (Å²) in [4.78, 5) is 7.43. The number of rotatable bonds is 7. The standard InChI is InChI=1S/C14H22.C11H14O.C10H16S.C9H10B8N/c1-8(2)14-12(6)10(4)9(3)11(5)13(14)7;1-6-10-8(4)11(7(2)3)12-9(10)5;1-6(2)10-8(4)7(3)9(5)11-10;1-4(2)8-7(17(14)15-11)6(16(12)13)5(3)9(10)18-8/h8H,1-7H3;1,7H,2-5H3;6H,1-5H3;4H,1-3H3. The summed E-state index contributed by atoms with van der Waals surface area (Å²) in [5, 5.41) is 0. The van der Waals surface area contributed by atoms with Crippen LogP contribution in [0.3, 0.4) is 0 Å². The van der Waals surface area contributed by atoms with E-state index in [0.29, 0.717) is 23.3 Å². The molecule has 0 saturated carbocycles. The second-order valence-electron chi connectivity index (χ2n) is 16.2. The first-order valence-electron chi connectivity index (χ1n) is 19.6. The van der Waals surface area contributed by atoms with E-state index >= 15 is 0 Å². The fourth-order valence-corrected chi connectivity index (χ4v) is 8.40. The first-order chi connectivity index (χ1) is 25.3. The van der Waals surface area contributed by atoms with E-state index in [4.69, 9.17) is 49.6 Å². The van der Waals surface area contributed by atoms with Gasteiger partial charge in [0.25, 0.3) is 0 Å². The summed E-state index contributed by atoms with van der Waals surface area (Å²) in [6, 6.07) is 0. The lowest BCUT2D eigenvalue weighted by Crippen LogP contribution is -2.58. The van der Waals surface area contributed by atoms with E-state index in [1.165, 1.54) is 50.9 Å². The summed E-state index contributed by atoms with van der Waals surface area (Å²) in [7, 11) is 30.5. The van der Waals surface area contributed by atoms with E-state index in [2.05, 4.69) is 108 Å². The van der Waals surface area contributed by atoms with Crippen LogP contribution in [0.2, 0.25) is 0 Å². The number of pyridine rings is 1. The van der Waals surface area contributed by atoms with Crippen molar-refractivity contribution in [3.63, 3.8) is 0 Å². The third-order valence-corrected chi connectivity index (χ3v) is 12.5. The first kappa shape index (κ1) is 50.4. The van der Waals surface area contributed by atoms with Crippen LogP contribution in [0.25, 0.3) is 0 Å². The number of hydrogen-bond acceptors (Lipinski definition) is 3. The Labute approximate surface area is 350 Å². The lowest BCUT2D eigenvalue weighted by atomic mass is 9.01. The molecule has 0 amide bonds. The molecule has 279 valence electrons. The minimum Gasteiger partial charge on any atom is -0.464 e. The third-order valence-electron chi connectivity index (χ3n) is 10.9. The molecule has 0 bridgehead atoms. The Balaban J connectivity index is 0.000000373. The maximum Gasteiger partial charge on any atom is 0.142 e. The highest BCUT2D eigenvalue weighted by atomic mass is 32.1. The van der Waals surface area contributed by atoms with Crippen LogP contribution in [0.1, 0.15) is 167 Å². The van der Waals surface area contributed by atoms with Crippen LogP contribution in [-0.4, -0.2) is 63.8 Å². The predicted octanol–water partition coefficient (Wildman–Crippen LogP) is 8.14. The summed E-state index contributed by atoms with van der Waals surface area (Å²) >= 11 is 1.95. The van der Waals surface area contributed by atoms with Gasteiger partial charge in [-0.3, -0.25) is 4.98 Å². The van der Waals surface area contributed by atoms with Gasteiger partial charge in [-0.25, -0.2) is 0 Å². The smallest absolute Gasteiger partial charge is 0.142 e. The van der Waals surface area contributed by atoms with Crippen molar-refractivity contribution < 1.29 is 4.42 Å². The number of nitrogens with zero attached hydrogens (tertiary/aromatic N) is 1. The molecule has 11 heteroatoms. The summed E-state index contributed by atoms with van der Waals surface area (Å²) < 4.78 is 5.56. The van der Waals surface area contributed by atoms with Gasteiger partial charge in [-0.2, -0.15) is 0 Å². The maximum absolute atomic E-state index is 6.02. The number of thiophene rings is 1. The molecule has 0 aliphatic rings. The first-order valence-corrected chi connectivity index (χ1v) is 20.4. The molecular formula is C44H62B8NOS. The van der Waals surface area contributed by atoms with Crippen LogP contribution in [-0.2, 0) is 0 Å². The van der Waals surface area contributed by atoms with E-state index in [-0.39, 0.29) is 5.92 Å². The topological polar surface area (TPSA) is 26.0 Å². The number of aromatic nitrogens is 1. The van der Waals surface area contributed by atoms with Crippen molar-refractivity contribution in [1.29, 1.82) is 0 Å². The molecule has 0 aliphatic carbocycles. The second kappa shape index (κ2) is 21.8. The van der Waals surface area contributed by atoms with E-state index in [1.807, 2.05) is 46.0 Å². The number of hydrogen-bond donors (Lipinski definition) is 0. The van der Waals surface area contributed by atoms with Crippen LogP contribution in [0.15, 0.2) is 4.42 Å². The molecule has 4 aromatic rings. The molecular weight excluding hydrogens is 677 g/mol. The van der Waals surface area contributed by atoms with Gasteiger partial charge in [0.2, 0.25) is 0 Å². The van der Waals surface area contributed by atoms with E-state index in [9.17, 15) is 0 Å². The van der Waals surface area contributed by atoms with Crippen LogP contribution in [0.4, 0.5) is 0 Å². The van der Waals surface area contributed by atoms with Gasteiger partial charge in [0.05, 0.1) is 18.6 Å². The predicted molar refractivity (Wildman–Crippen MR) is 255 cm³/mol. The van der Waals surface area contributed by atoms with E-state index < -0.39 is 13.0 Å². The second-order valence-corrected chi connectivity index (χ2v) is 17.4. The summed E-state index contributed by atoms with van der Waals surface area (Å²) in [6.07, 6.45) is 5.35. The summed E-state index contributed by atoms with van der Waals surface area (Å²) in [5.74, 6) is 6.41. The molecule has 0 atom stereocenters. The Morgan fingerprint density at radius 3 is 1.42 bits per heavy atom. The Kier molecular flexibility index (Phi) is 20.0. The highest BCUT2D eigenvalue weighted by Crippen LogP contribution is 2.32. The van der Waals surface area contributed by atoms with Gasteiger partial charge in [-0.05, 0) is 150 Å². The molecule has 0 spiro atoms. The average molecular weight is 740 g/mol. The van der Waals surface area contributed by atoms with Gasteiger partial charge in [0, 0.05) is 64.9 Å². The van der Waals surface area contributed by atoms with Crippen molar-refractivity contribution in [1.82, 2.24) is 4.98 Å². The lowest BCUT2D eigenvalue weighted by Gasteiger charge is -2.26. The molecule has 0 unspecified atom stereocenters. The highest BCUT2D eigenvalue weighted by molar-refractivity contribution is 7.52. The van der Waals surface area contributed by atoms with Crippen molar-refractivity contribution >= 4 is 86.7 Å². The van der Waals surface area contributed by atoms with Crippen molar-refractivity contribution in [2.24, 2.45) is 0 Å². The number of terminal acetylenes is 1. The third kappa shape index (κ3) is 12.2. The quantitative estimate of drug-likeness (QED) is 0.141. The average Bonchev–Trinajstić information content (AvgIpc) is 3.55. The minimum atomic E-state index is -0.659. The minimum absolute atomic E-state index is 0.159. The van der Waals surface area contributed by atoms with Gasteiger partial charge in [0.15, 0.2) is 0 Å². The normalized spacial score (nSPS) is 10.7.